The van der Waals surface area contributed by atoms with E-state index in [2.05, 4.69) is 10.3 Å². The average molecular weight is 307 g/mol. The number of pyridine rings is 1. The third-order valence-corrected chi connectivity index (χ3v) is 2.88. The largest absolute Gasteiger partial charge is 0.444 e. The van der Waals surface area contributed by atoms with E-state index in [4.69, 9.17) is 4.74 Å². The van der Waals surface area contributed by atoms with Gasteiger partial charge in [-0.2, -0.15) is 0 Å². The molecule has 0 spiro atoms. The summed E-state index contributed by atoms with van der Waals surface area (Å²) < 4.78 is 5.10. The van der Waals surface area contributed by atoms with Crippen molar-refractivity contribution < 1.29 is 14.3 Å². The Morgan fingerprint density at radius 1 is 1.32 bits per heavy atom. The Labute approximate surface area is 131 Å². The van der Waals surface area contributed by atoms with E-state index in [1.54, 1.807) is 31.9 Å². The zero-order valence-corrected chi connectivity index (χ0v) is 13.8. The van der Waals surface area contributed by atoms with Crippen LogP contribution in [0.4, 0.5) is 4.79 Å². The lowest BCUT2D eigenvalue weighted by Crippen LogP contribution is -2.42. The van der Waals surface area contributed by atoms with Gasteiger partial charge in [0, 0.05) is 31.4 Å². The molecule has 1 N–H and O–H groups in total. The minimum atomic E-state index is -0.582. The standard InChI is InChI=1S/C16H25N3O3/c1-5-19(11-9-13-8-6-7-10-17-13)14(20)12-18-15(21)22-16(2,3)4/h6-8,10H,5,9,11-12H2,1-4H3,(H,18,21). The van der Waals surface area contributed by atoms with E-state index in [-0.39, 0.29) is 12.5 Å². The molecule has 6 heteroatoms. The van der Waals surface area contributed by atoms with E-state index in [0.29, 0.717) is 19.5 Å². The normalized spacial score (nSPS) is 10.9. The van der Waals surface area contributed by atoms with Crippen LogP contribution >= 0.6 is 0 Å². The number of alkyl carbamates (subject to hydrolysis) is 1. The van der Waals surface area contributed by atoms with Gasteiger partial charge in [-0.3, -0.25) is 9.78 Å². The summed E-state index contributed by atoms with van der Waals surface area (Å²) in [6.07, 6.45) is 1.84. The Morgan fingerprint density at radius 2 is 2.05 bits per heavy atom. The van der Waals surface area contributed by atoms with Crippen molar-refractivity contribution in [3.05, 3.63) is 30.1 Å². The van der Waals surface area contributed by atoms with Crippen molar-refractivity contribution >= 4 is 12.0 Å². The number of ether oxygens (including phenoxy) is 1. The van der Waals surface area contributed by atoms with Crippen LogP contribution in [-0.2, 0) is 16.0 Å². The first kappa shape index (κ1) is 17.9. The van der Waals surface area contributed by atoms with E-state index in [9.17, 15) is 9.59 Å². The lowest BCUT2D eigenvalue weighted by molar-refractivity contribution is -0.130. The van der Waals surface area contributed by atoms with Crippen LogP contribution in [-0.4, -0.2) is 47.1 Å². The molecule has 0 aliphatic rings. The number of aromatic nitrogens is 1. The van der Waals surface area contributed by atoms with Gasteiger partial charge in [0.15, 0.2) is 0 Å². The molecule has 0 fully saturated rings. The molecule has 0 aliphatic carbocycles. The maximum atomic E-state index is 12.1. The van der Waals surface area contributed by atoms with Gasteiger partial charge >= 0.3 is 6.09 Å². The molecule has 0 unspecified atom stereocenters. The summed E-state index contributed by atoms with van der Waals surface area (Å²) >= 11 is 0. The Balaban J connectivity index is 2.39. The SMILES string of the molecule is CCN(CCc1ccccn1)C(=O)CNC(=O)OC(C)(C)C. The van der Waals surface area contributed by atoms with Gasteiger partial charge in [0.1, 0.15) is 12.1 Å². The van der Waals surface area contributed by atoms with Gasteiger partial charge in [0.25, 0.3) is 0 Å². The van der Waals surface area contributed by atoms with E-state index in [1.165, 1.54) is 0 Å². The molecule has 0 atom stereocenters. The third kappa shape index (κ3) is 7.06. The van der Waals surface area contributed by atoms with Crippen LogP contribution in [0.2, 0.25) is 0 Å². The first-order valence-electron chi connectivity index (χ1n) is 7.46. The van der Waals surface area contributed by atoms with Crippen LogP contribution in [0.15, 0.2) is 24.4 Å². The first-order valence-corrected chi connectivity index (χ1v) is 7.46. The van der Waals surface area contributed by atoms with Crippen molar-refractivity contribution in [2.24, 2.45) is 0 Å². The van der Waals surface area contributed by atoms with Crippen molar-refractivity contribution in [2.75, 3.05) is 19.6 Å². The van der Waals surface area contributed by atoms with Gasteiger partial charge in [0.2, 0.25) is 5.91 Å². The summed E-state index contributed by atoms with van der Waals surface area (Å²) in [5, 5.41) is 2.48. The predicted molar refractivity (Wildman–Crippen MR) is 84.4 cm³/mol. The van der Waals surface area contributed by atoms with Crippen molar-refractivity contribution in [1.82, 2.24) is 15.2 Å². The van der Waals surface area contributed by atoms with Crippen molar-refractivity contribution in [3.63, 3.8) is 0 Å². The highest BCUT2D eigenvalue weighted by atomic mass is 16.6. The van der Waals surface area contributed by atoms with Crippen LogP contribution in [0.1, 0.15) is 33.4 Å². The lowest BCUT2D eigenvalue weighted by Gasteiger charge is -2.22. The summed E-state index contributed by atoms with van der Waals surface area (Å²) in [5.74, 6) is -0.135. The summed E-state index contributed by atoms with van der Waals surface area (Å²) in [6, 6.07) is 5.71. The van der Waals surface area contributed by atoms with E-state index >= 15 is 0 Å². The minimum Gasteiger partial charge on any atom is -0.444 e. The van der Waals surface area contributed by atoms with Crippen LogP contribution in [0.5, 0.6) is 0 Å². The van der Waals surface area contributed by atoms with Gasteiger partial charge in [-0.25, -0.2) is 4.79 Å². The number of likely N-dealkylation sites (N-methyl/N-ethyl adjacent to an activating group) is 1. The predicted octanol–water partition coefficient (Wildman–Crippen LogP) is 2.00. The van der Waals surface area contributed by atoms with Gasteiger partial charge in [-0.05, 0) is 39.8 Å². The second-order valence-corrected chi connectivity index (χ2v) is 5.90. The number of rotatable bonds is 6. The summed E-state index contributed by atoms with van der Waals surface area (Å²) in [6.45, 7) is 8.33. The molecule has 122 valence electrons. The van der Waals surface area contributed by atoms with Crippen LogP contribution < -0.4 is 5.32 Å². The molecule has 0 bridgehead atoms. The molecule has 1 aromatic rings. The maximum Gasteiger partial charge on any atom is 0.408 e. The molecule has 0 radical (unpaired) electrons. The molecule has 1 aromatic heterocycles. The van der Waals surface area contributed by atoms with Gasteiger partial charge in [-0.15, -0.1) is 0 Å². The fourth-order valence-corrected chi connectivity index (χ4v) is 1.83. The highest BCUT2D eigenvalue weighted by molar-refractivity contribution is 5.82. The first-order chi connectivity index (χ1) is 10.3. The van der Waals surface area contributed by atoms with Gasteiger partial charge in [-0.1, -0.05) is 6.07 Å². The fourth-order valence-electron chi connectivity index (χ4n) is 1.83. The number of hydrogen-bond donors (Lipinski definition) is 1. The molecular formula is C16H25N3O3. The summed E-state index contributed by atoms with van der Waals surface area (Å²) in [4.78, 5) is 29.6. The summed E-state index contributed by atoms with van der Waals surface area (Å²) in [7, 11) is 0. The molecule has 0 saturated carbocycles. The molecule has 22 heavy (non-hydrogen) atoms. The molecule has 0 saturated heterocycles. The molecule has 6 nitrogen and oxygen atoms in total. The van der Waals surface area contributed by atoms with E-state index in [0.717, 1.165) is 5.69 Å². The average Bonchev–Trinajstić information content (AvgIpc) is 2.45. The zero-order chi connectivity index (χ0) is 16.6. The van der Waals surface area contributed by atoms with Crippen LogP contribution in [0, 0.1) is 0 Å². The van der Waals surface area contributed by atoms with Crippen LogP contribution in [0.25, 0.3) is 0 Å². The molecule has 0 aliphatic heterocycles. The maximum absolute atomic E-state index is 12.1. The second kappa shape index (κ2) is 8.36. The van der Waals surface area contributed by atoms with Crippen molar-refractivity contribution in [3.8, 4) is 0 Å². The quantitative estimate of drug-likeness (QED) is 0.872. The summed E-state index contributed by atoms with van der Waals surface area (Å²) in [5.41, 5.74) is 0.366. The number of carbonyl (C=O) groups is 2. The number of amides is 2. The molecular weight excluding hydrogens is 282 g/mol. The third-order valence-electron chi connectivity index (χ3n) is 2.88. The molecule has 0 aromatic carbocycles. The fraction of sp³-hybridized carbons (Fsp3) is 0.562. The van der Waals surface area contributed by atoms with E-state index < -0.39 is 11.7 Å². The Hall–Kier alpha value is -2.11. The second-order valence-electron chi connectivity index (χ2n) is 5.90. The molecule has 1 heterocycles. The van der Waals surface area contributed by atoms with E-state index in [1.807, 2.05) is 25.1 Å². The molecule has 2 amide bonds. The highest BCUT2D eigenvalue weighted by Gasteiger charge is 2.18. The Morgan fingerprint density at radius 3 is 2.59 bits per heavy atom. The number of carbonyl (C=O) groups excluding carboxylic acids is 2. The monoisotopic (exact) mass is 307 g/mol. The van der Waals surface area contributed by atoms with Crippen LogP contribution in [0.3, 0.4) is 0 Å². The Bertz CT molecular complexity index is 483. The smallest absolute Gasteiger partial charge is 0.408 e. The molecule has 1 rings (SSSR count). The topological polar surface area (TPSA) is 71.5 Å². The highest BCUT2D eigenvalue weighted by Crippen LogP contribution is 2.06. The number of nitrogens with one attached hydrogen (secondary N) is 1. The Kier molecular flexibility index (Phi) is 6.82. The van der Waals surface area contributed by atoms with Crippen molar-refractivity contribution in [1.29, 1.82) is 0 Å². The lowest BCUT2D eigenvalue weighted by atomic mass is 10.2. The van der Waals surface area contributed by atoms with Crippen molar-refractivity contribution in [2.45, 2.75) is 39.7 Å². The number of hydrogen-bond acceptors (Lipinski definition) is 4. The zero-order valence-electron chi connectivity index (χ0n) is 13.8. The minimum absolute atomic E-state index is 0.0645. The van der Waals surface area contributed by atoms with Gasteiger partial charge < -0.3 is 15.0 Å². The van der Waals surface area contributed by atoms with Gasteiger partial charge in [0.05, 0.1) is 0 Å². The number of nitrogens with zero attached hydrogens (tertiary/aromatic N) is 2.